The van der Waals surface area contributed by atoms with Crippen molar-refractivity contribution in [2.45, 2.75) is 50.3 Å². The Hall–Kier alpha value is -1.38. The Balaban J connectivity index is -0.000000441. The van der Waals surface area contributed by atoms with Crippen molar-refractivity contribution in [1.82, 2.24) is 0 Å². The molecule has 0 atom stereocenters. The second-order valence-corrected chi connectivity index (χ2v) is 6.20. The predicted octanol–water partition coefficient (Wildman–Crippen LogP) is 5.75. The zero-order chi connectivity index (χ0) is 14.4. The van der Waals surface area contributed by atoms with Crippen LogP contribution < -0.4 is 0 Å². The second-order valence-electron chi connectivity index (χ2n) is 5.42. The molecule has 0 heterocycles. The molecule has 2 rings (SSSR count). The fourth-order valence-corrected chi connectivity index (χ4v) is 3.35. The maximum atomic E-state index is 13.4. The Morgan fingerprint density at radius 2 is 1.64 bits per heavy atom. The Labute approximate surface area is 147 Å². The van der Waals surface area contributed by atoms with Crippen LogP contribution in [0.4, 0.5) is 27.9 Å². The number of carbonyl (C=O) groups is 1. The third kappa shape index (κ3) is 9.62. The van der Waals surface area contributed by atoms with E-state index < -0.39 is 0 Å². The number of hydrogen-bond acceptors (Lipinski definition) is 3. The van der Waals surface area contributed by atoms with E-state index in [-0.39, 0.29) is 41.2 Å². The number of hydrogen-bond donors (Lipinski definition) is 0. The molecule has 1 aliphatic carbocycles. The average Bonchev–Trinajstić information content (AvgIpc) is 2.47. The van der Waals surface area contributed by atoms with Crippen molar-refractivity contribution in [2.75, 3.05) is 0 Å². The molecule has 2 nitrogen and oxygen atoms in total. The SMILES string of the molecule is CCCC1CCC(C(=O)OSc2ccccc2F)CC1.F.F.F.F.F. The first-order chi connectivity index (χ1) is 9.70. The molecule has 0 saturated heterocycles. The van der Waals surface area contributed by atoms with Crippen molar-refractivity contribution in [3.05, 3.63) is 30.1 Å². The molecule has 150 valence electrons. The van der Waals surface area contributed by atoms with E-state index >= 15 is 0 Å². The van der Waals surface area contributed by atoms with Crippen molar-refractivity contribution >= 4 is 18.0 Å². The zero-order valence-electron chi connectivity index (χ0n) is 13.9. The lowest BCUT2D eigenvalue weighted by atomic mass is 9.80. The van der Waals surface area contributed by atoms with Gasteiger partial charge in [0.25, 0.3) is 0 Å². The molecule has 1 saturated carbocycles. The summed E-state index contributed by atoms with van der Waals surface area (Å²) in [5.41, 5.74) is 0. The first-order valence-electron chi connectivity index (χ1n) is 7.33. The minimum atomic E-state index is -0.350. The maximum absolute atomic E-state index is 13.4. The van der Waals surface area contributed by atoms with Crippen molar-refractivity contribution in [3.8, 4) is 0 Å². The molecule has 0 N–H and O–H groups in total. The van der Waals surface area contributed by atoms with Crippen molar-refractivity contribution in [3.63, 3.8) is 0 Å². The van der Waals surface area contributed by atoms with E-state index in [2.05, 4.69) is 6.92 Å². The fraction of sp³-hybridized carbons (Fsp3) is 0.562. The number of halogens is 6. The molecule has 1 aromatic carbocycles. The van der Waals surface area contributed by atoms with Crippen LogP contribution >= 0.6 is 12.0 Å². The summed E-state index contributed by atoms with van der Waals surface area (Å²) in [7, 11) is 0. The summed E-state index contributed by atoms with van der Waals surface area (Å²) in [6, 6.07) is 6.34. The Kier molecular flexibility index (Phi) is 20.2. The summed E-state index contributed by atoms with van der Waals surface area (Å²) in [5, 5.41) is 0. The molecule has 0 amide bonds. The van der Waals surface area contributed by atoms with Crippen LogP contribution in [0.5, 0.6) is 0 Å². The van der Waals surface area contributed by atoms with E-state index in [9.17, 15) is 9.18 Å². The van der Waals surface area contributed by atoms with Crippen molar-refractivity contribution in [2.24, 2.45) is 11.8 Å². The summed E-state index contributed by atoms with van der Waals surface area (Å²) >= 11 is 0.835. The molecule has 1 aliphatic rings. The first kappa shape index (κ1) is 31.4. The van der Waals surface area contributed by atoms with E-state index in [1.807, 2.05) is 0 Å². The van der Waals surface area contributed by atoms with E-state index in [1.165, 1.54) is 18.9 Å². The molecule has 0 spiro atoms. The highest BCUT2D eigenvalue weighted by atomic mass is 32.2. The zero-order valence-corrected chi connectivity index (χ0v) is 14.7. The standard InChI is InChI=1S/C16H21FO2S.5FH/c1-2-5-12-8-10-13(11-9-12)16(18)19-20-15-7-4-3-6-14(15)17;;;;;/h3-4,6-7,12-13H,2,5,8-11H2,1H3;5*1H. The number of carbonyl (C=O) groups excluding carboxylic acids is 1. The minimum Gasteiger partial charge on any atom is -0.386 e. The van der Waals surface area contributed by atoms with E-state index in [4.69, 9.17) is 4.18 Å². The third-order valence-corrected chi connectivity index (χ3v) is 4.69. The van der Waals surface area contributed by atoms with E-state index in [0.717, 1.165) is 43.6 Å². The van der Waals surface area contributed by atoms with Crippen molar-refractivity contribution < 1.29 is 36.9 Å². The summed E-state index contributed by atoms with van der Waals surface area (Å²) in [4.78, 5) is 12.3. The Morgan fingerprint density at radius 1 is 1.08 bits per heavy atom. The van der Waals surface area contributed by atoms with Crippen LogP contribution in [0.1, 0.15) is 45.4 Å². The van der Waals surface area contributed by atoms with Crippen LogP contribution in [0.25, 0.3) is 0 Å². The molecule has 0 bridgehead atoms. The van der Waals surface area contributed by atoms with Gasteiger partial charge in [-0.15, -0.1) is 0 Å². The number of rotatable bonds is 5. The highest BCUT2D eigenvalue weighted by Crippen LogP contribution is 2.33. The molecular formula is C16H26F6O2S. The van der Waals surface area contributed by atoms with E-state index in [1.54, 1.807) is 18.2 Å². The molecular weight excluding hydrogens is 370 g/mol. The largest absolute Gasteiger partial charge is 0.386 e. The van der Waals surface area contributed by atoms with Crippen LogP contribution in [-0.4, -0.2) is 5.97 Å². The van der Waals surface area contributed by atoms with Gasteiger partial charge in [0.05, 0.1) is 22.9 Å². The topological polar surface area (TPSA) is 26.3 Å². The van der Waals surface area contributed by atoms with Gasteiger partial charge in [0, 0.05) is 0 Å². The van der Waals surface area contributed by atoms with Gasteiger partial charge in [-0.1, -0.05) is 31.9 Å². The normalized spacial score (nSPS) is 18.0. The van der Waals surface area contributed by atoms with Gasteiger partial charge in [-0.05, 0) is 43.7 Å². The van der Waals surface area contributed by atoms with Crippen molar-refractivity contribution in [1.29, 1.82) is 0 Å². The lowest BCUT2D eigenvalue weighted by molar-refractivity contribution is -0.138. The summed E-state index contributed by atoms with van der Waals surface area (Å²) in [6.45, 7) is 2.20. The second kappa shape index (κ2) is 16.1. The van der Waals surface area contributed by atoms with Crippen LogP contribution in [0.3, 0.4) is 0 Å². The average molecular weight is 396 g/mol. The monoisotopic (exact) mass is 396 g/mol. The highest BCUT2D eigenvalue weighted by Gasteiger charge is 2.27. The van der Waals surface area contributed by atoms with Gasteiger partial charge < -0.3 is 4.18 Å². The smallest absolute Gasteiger partial charge is 0.321 e. The van der Waals surface area contributed by atoms with Gasteiger partial charge in [0.15, 0.2) is 0 Å². The molecule has 1 fully saturated rings. The van der Waals surface area contributed by atoms with Gasteiger partial charge in [-0.3, -0.25) is 28.3 Å². The quantitative estimate of drug-likeness (QED) is 0.469. The first-order valence-corrected chi connectivity index (χ1v) is 8.07. The summed E-state index contributed by atoms with van der Waals surface area (Å²) < 4.78 is 18.6. The third-order valence-electron chi connectivity index (χ3n) is 3.93. The van der Waals surface area contributed by atoms with Crippen LogP contribution in [-0.2, 0) is 8.98 Å². The molecule has 9 heteroatoms. The van der Waals surface area contributed by atoms with Gasteiger partial charge in [0.2, 0.25) is 0 Å². The Bertz CT molecular complexity index is 456. The van der Waals surface area contributed by atoms with Gasteiger partial charge >= 0.3 is 5.97 Å². The lowest BCUT2D eigenvalue weighted by Gasteiger charge is -2.26. The molecule has 1 aromatic rings. The summed E-state index contributed by atoms with van der Waals surface area (Å²) in [6.07, 6.45) is 6.49. The van der Waals surface area contributed by atoms with Crippen LogP contribution in [0.2, 0.25) is 0 Å². The van der Waals surface area contributed by atoms with Crippen LogP contribution in [0.15, 0.2) is 29.2 Å². The number of benzene rings is 1. The molecule has 0 radical (unpaired) electrons. The molecule has 0 unspecified atom stereocenters. The van der Waals surface area contributed by atoms with Gasteiger partial charge in [-0.25, -0.2) is 4.39 Å². The van der Waals surface area contributed by atoms with Crippen LogP contribution in [0, 0.1) is 17.7 Å². The predicted molar refractivity (Wildman–Crippen MR) is 91.2 cm³/mol. The minimum absolute atomic E-state index is 0. The molecule has 0 aromatic heterocycles. The highest BCUT2D eigenvalue weighted by molar-refractivity contribution is 7.95. The van der Waals surface area contributed by atoms with Gasteiger partial charge in [-0.2, -0.15) is 0 Å². The summed E-state index contributed by atoms with van der Waals surface area (Å²) in [5.74, 6) is 0.204. The lowest BCUT2D eigenvalue weighted by Crippen LogP contribution is -2.22. The molecule has 25 heavy (non-hydrogen) atoms. The maximum Gasteiger partial charge on any atom is 0.321 e. The van der Waals surface area contributed by atoms with E-state index in [0.29, 0.717) is 4.90 Å². The molecule has 0 aliphatic heterocycles. The fourth-order valence-electron chi connectivity index (χ4n) is 2.76. The van der Waals surface area contributed by atoms with Gasteiger partial charge in [0.1, 0.15) is 5.82 Å². The Morgan fingerprint density at radius 3 is 2.16 bits per heavy atom.